The van der Waals surface area contributed by atoms with Gasteiger partial charge in [-0.2, -0.15) is 0 Å². The van der Waals surface area contributed by atoms with Gasteiger partial charge < -0.3 is 15.0 Å². The summed E-state index contributed by atoms with van der Waals surface area (Å²) in [5.41, 5.74) is 2.99. The van der Waals surface area contributed by atoms with Gasteiger partial charge in [0, 0.05) is 24.5 Å². The molecule has 190 valence electrons. The number of hydrogen-bond acceptors (Lipinski definition) is 3. The van der Waals surface area contributed by atoms with Crippen molar-refractivity contribution < 1.29 is 14.3 Å². The molecule has 5 nitrogen and oxygen atoms in total. The van der Waals surface area contributed by atoms with Crippen LogP contribution in [0.3, 0.4) is 0 Å². The Balaban J connectivity index is 1.89. The van der Waals surface area contributed by atoms with Crippen molar-refractivity contribution in [3.63, 3.8) is 0 Å². The Bertz CT molecular complexity index is 1150. The maximum atomic E-state index is 13.6. The van der Waals surface area contributed by atoms with Crippen molar-refractivity contribution in [1.29, 1.82) is 0 Å². The van der Waals surface area contributed by atoms with E-state index >= 15 is 0 Å². The largest absolute Gasteiger partial charge is 0.482 e. The Labute approximate surface area is 223 Å². The summed E-state index contributed by atoms with van der Waals surface area (Å²) in [6, 6.07) is 21.8. The van der Waals surface area contributed by atoms with Crippen LogP contribution in [0.25, 0.3) is 0 Å². The fourth-order valence-corrected chi connectivity index (χ4v) is 4.35. The van der Waals surface area contributed by atoms with Crippen LogP contribution in [0, 0.1) is 6.92 Å². The molecule has 0 aromatic heterocycles. The van der Waals surface area contributed by atoms with Crippen molar-refractivity contribution in [2.75, 3.05) is 13.2 Å². The second-order valence-electron chi connectivity index (χ2n) is 8.72. The number of carbonyl (C=O) groups is 2. The van der Waals surface area contributed by atoms with Gasteiger partial charge in [-0.05, 0) is 42.7 Å². The Morgan fingerprint density at radius 1 is 0.972 bits per heavy atom. The zero-order chi connectivity index (χ0) is 25.9. The molecule has 0 aliphatic rings. The Morgan fingerprint density at radius 2 is 1.72 bits per heavy atom. The van der Waals surface area contributed by atoms with Crippen LogP contribution >= 0.6 is 23.2 Å². The van der Waals surface area contributed by atoms with Gasteiger partial charge in [0.1, 0.15) is 11.8 Å². The van der Waals surface area contributed by atoms with Crippen LogP contribution in [-0.2, 0) is 22.6 Å². The number of ether oxygens (including phenoxy) is 1. The van der Waals surface area contributed by atoms with Crippen molar-refractivity contribution in [3.8, 4) is 5.75 Å². The first-order chi connectivity index (χ1) is 17.4. The summed E-state index contributed by atoms with van der Waals surface area (Å²) < 4.78 is 5.76. The summed E-state index contributed by atoms with van der Waals surface area (Å²) in [7, 11) is 0. The maximum Gasteiger partial charge on any atom is 0.261 e. The summed E-state index contributed by atoms with van der Waals surface area (Å²) in [5, 5.41) is 3.81. The van der Waals surface area contributed by atoms with Gasteiger partial charge >= 0.3 is 0 Å². The van der Waals surface area contributed by atoms with Crippen LogP contribution in [0.15, 0.2) is 72.8 Å². The minimum atomic E-state index is -0.707. The third kappa shape index (κ3) is 8.28. The molecule has 2 amide bonds. The van der Waals surface area contributed by atoms with E-state index in [2.05, 4.69) is 12.2 Å². The molecule has 0 fully saturated rings. The zero-order valence-electron chi connectivity index (χ0n) is 20.7. The Kier molecular flexibility index (Phi) is 10.6. The normalized spacial score (nSPS) is 11.6. The average molecular weight is 527 g/mol. The molecule has 0 bridgehead atoms. The number of nitrogens with zero attached hydrogens (tertiary/aromatic N) is 1. The summed E-state index contributed by atoms with van der Waals surface area (Å²) >= 11 is 12.2. The van der Waals surface area contributed by atoms with Crippen LogP contribution < -0.4 is 10.1 Å². The van der Waals surface area contributed by atoms with Gasteiger partial charge in [-0.15, -0.1) is 0 Å². The summed E-state index contributed by atoms with van der Waals surface area (Å²) in [6.07, 6.45) is 2.22. The number of hydrogen-bond donors (Lipinski definition) is 1. The van der Waals surface area contributed by atoms with Crippen LogP contribution in [0.5, 0.6) is 5.75 Å². The van der Waals surface area contributed by atoms with E-state index in [4.69, 9.17) is 27.9 Å². The summed E-state index contributed by atoms with van der Waals surface area (Å²) in [4.78, 5) is 28.6. The lowest BCUT2D eigenvalue weighted by Gasteiger charge is -2.31. The number of rotatable bonds is 12. The highest BCUT2D eigenvalue weighted by Crippen LogP contribution is 2.27. The molecule has 3 aromatic carbocycles. The highest BCUT2D eigenvalue weighted by molar-refractivity contribution is 6.35. The van der Waals surface area contributed by atoms with Crippen molar-refractivity contribution in [2.24, 2.45) is 0 Å². The molecular formula is C29H32Cl2N2O3. The minimum absolute atomic E-state index is 0.183. The number of carbonyl (C=O) groups excluding carboxylic acids is 2. The van der Waals surface area contributed by atoms with Gasteiger partial charge in [0.25, 0.3) is 5.91 Å². The number of amides is 2. The van der Waals surface area contributed by atoms with Gasteiger partial charge in [0.2, 0.25) is 5.91 Å². The van der Waals surface area contributed by atoms with E-state index in [0.29, 0.717) is 28.8 Å². The van der Waals surface area contributed by atoms with E-state index < -0.39 is 6.04 Å². The molecule has 0 saturated carbocycles. The second-order valence-corrected chi connectivity index (χ2v) is 9.57. The second kappa shape index (κ2) is 13.9. The van der Waals surface area contributed by atoms with E-state index in [1.165, 1.54) is 0 Å². The quantitative estimate of drug-likeness (QED) is 0.284. The highest BCUT2D eigenvalue weighted by Gasteiger charge is 2.30. The highest BCUT2D eigenvalue weighted by atomic mass is 35.5. The first-order valence-electron chi connectivity index (χ1n) is 12.1. The molecule has 1 N–H and O–H groups in total. The van der Waals surface area contributed by atoms with Crippen molar-refractivity contribution in [3.05, 3.63) is 99.5 Å². The zero-order valence-corrected chi connectivity index (χ0v) is 22.2. The molecule has 36 heavy (non-hydrogen) atoms. The fourth-order valence-electron chi connectivity index (χ4n) is 3.88. The first kappa shape index (κ1) is 27.6. The topological polar surface area (TPSA) is 58.6 Å². The molecular weight excluding hydrogens is 495 g/mol. The molecule has 0 radical (unpaired) electrons. The number of unbranched alkanes of at least 4 members (excludes halogenated alkanes) is 1. The average Bonchev–Trinajstić information content (AvgIpc) is 2.86. The van der Waals surface area contributed by atoms with E-state index in [1.807, 2.05) is 61.5 Å². The predicted octanol–water partition coefficient (Wildman–Crippen LogP) is 6.24. The number of nitrogens with one attached hydrogen (secondary N) is 1. The SMILES string of the molecule is CCCCNC(=O)[C@@H](Cc1ccccc1)N(Cc1cccc(C)c1)C(=O)COc1ccc(Cl)cc1Cl. The standard InChI is InChI=1S/C29H32Cl2N2O3/c1-3-4-15-32-29(35)26(17-22-10-6-5-7-11-22)33(19-23-12-8-9-21(2)16-23)28(34)20-36-27-14-13-24(30)18-25(27)31/h5-14,16,18,26H,3-4,15,17,19-20H2,1-2H3,(H,32,35)/t26-/m1/s1. The molecule has 0 spiro atoms. The molecule has 7 heteroatoms. The lowest BCUT2D eigenvalue weighted by Crippen LogP contribution is -2.51. The minimum Gasteiger partial charge on any atom is -0.482 e. The Hall–Kier alpha value is -3.02. The maximum absolute atomic E-state index is 13.6. The van der Waals surface area contributed by atoms with E-state index in [0.717, 1.165) is 29.5 Å². The van der Waals surface area contributed by atoms with E-state index in [-0.39, 0.29) is 25.0 Å². The molecule has 0 aliphatic heterocycles. The molecule has 1 atom stereocenters. The van der Waals surface area contributed by atoms with Crippen LogP contribution in [0.1, 0.15) is 36.5 Å². The van der Waals surface area contributed by atoms with E-state index in [1.54, 1.807) is 23.1 Å². The van der Waals surface area contributed by atoms with Gasteiger partial charge in [-0.25, -0.2) is 0 Å². The van der Waals surface area contributed by atoms with Crippen LogP contribution in [0.4, 0.5) is 0 Å². The molecule has 3 rings (SSSR count). The molecule has 0 heterocycles. The number of halogens is 2. The predicted molar refractivity (Wildman–Crippen MR) is 146 cm³/mol. The van der Waals surface area contributed by atoms with E-state index in [9.17, 15) is 9.59 Å². The Morgan fingerprint density at radius 3 is 2.42 bits per heavy atom. The smallest absolute Gasteiger partial charge is 0.261 e. The molecule has 3 aromatic rings. The number of aryl methyl sites for hydroxylation is 1. The lowest BCUT2D eigenvalue weighted by atomic mass is 10.0. The molecule has 0 unspecified atom stereocenters. The molecule has 0 saturated heterocycles. The monoisotopic (exact) mass is 526 g/mol. The fraction of sp³-hybridized carbons (Fsp3) is 0.310. The van der Waals surface area contributed by atoms with Gasteiger partial charge in [0.05, 0.1) is 5.02 Å². The van der Waals surface area contributed by atoms with Gasteiger partial charge in [-0.3, -0.25) is 9.59 Å². The lowest BCUT2D eigenvalue weighted by molar-refractivity contribution is -0.142. The number of benzene rings is 3. The van der Waals surface area contributed by atoms with Gasteiger partial charge in [-0.1, -0.05) is 96.7 Å². The van der Waals surface area contributed by atoms with Crippen molar-refractivity contribution >= 4 is 35.0 Å². The van der Waals surface area contributed by atoms with Gasteiger partial charge in [0.15, 0.2) is 6.61 Å². The van der Waals surface area contributed by atoms with Crippen molar-refractivity contribution in [1.82, 2.24) is 10.2 Å². The third-order valence-electron chi connectivity index (χ3n) is 5.78. The summed E-state index contributed by atoms with van der Waals surface area (Å²) in [5.74, 6) is -0.135. The van der Waals surface area contributed by atoms with Crippen LogP contribution in [0.2, 0.25) is 10.0 Å². The van der Waals surface area contributed by atoms with Crippen molar-refractivity contribution in [2.45, 2.75) is 45.7 Å². The third-order valence-corrected chi connectivity index (χ3v) is 6.31. The molecule has 0 aliphatic carbocycles. The first-order valence-corrected chi connectivity index (χ1v) is 12.9. The summed E-state index contributed by atoms with van der Waals surface area (Å²) in [6.45, 7) is 4.64. The van der Waals surface area contributed by atoms with Crippen LogP contribution in [-0.4, -0.2) is 35.9 Å².